The lowest BCUT2D eigenvalue weighted by Gasteiger charge is -2.09. The van der Waals surface area contributed by atoms with Gasteiger partial charge in [0.15, 0.2) is 0 Å². The monoisotopic (exact) mass is 345 g/mol. The number of fused-ring (bicyclic) bond motifs is 1. The maximum Gasteiger partial charge on any atom is 0.135 e. The van der Waals surface area contributed by atoms with E-state index in [0.717, 1.165) is 32.8 Å². The molecule has 3 aromatic rings. The lowest BCUT2D eigenvalue weighted by molar-refractivity contribution is 0.412. The van der Waals surface area contributed by atoms with E-state index in [1.165, 1.54) is 0 Å². The number of rotatable bonds is 4. The van der Waals surface area contributed by atoms with Gasteiger partial charge in [-0.05, 0) is 40.2 Å². The molecule has 1 N–H and O–H groups in total. The van der Waals surface area contributed by atoms with E-state index in [1.54, 1.807) is 7.11 Å². The predicted octanol–water partition coefficient (Wildman–Crippen LogP) is 3.96. The molecule has 0 saturated carbocycles. The molecule has 2 aromatic carbocycles. The van der Waals surface area contributed by atoms with E-state index in [2.05, 4.69) is 36.9 Å². The zero-order chi connectivity index (χ0) is 14.8. The lowest BCUT2D eigenvalue weighted by atomic mass is 10.3. The molecule has 3 rings (SSSR count). The molecule has 1 heterocycles. The first-order chi connectivity index (χ1) is 10.2. The SMILES string of the molecule is COc1cc(NCc2nc3ccccc3n2C)ccc1Br. The van der Waals surface area contributed by atoms with Crippen molar-refractivity contribution in [3.8, 4) is 5.75 Å². The fourth-order valence-electron chi connectivity index (χ4n) is 2.30. The number of hydrogen-bond acceptors (Lipinski definition) is 3. The fourth-order valence-corrected chi connectivity index (χ4v) is 2.71. The van der Waals surface area contributed by atoms with Crippen molar-refractivity contribution in [2.24, 2.45) is 7.05 Å². The summed E-state index contributed by atoms with van der Waals surface area (Å²) in [5.74, 6) is 1.81. The third-order valence-corrected chi connectivity index (χ3v) is 4.14. The van der Waals surface area contributed by atoms with Gasteiger partial charge in [0.25, 0.3) is 0 Å². The molecule has 0 aliphatic rings. The summed E-state index contributed by atoms with van der Waals surface area (Å²) in [5, 5.41) is 3.38. The number of halogens is 1. The Labute approximate surface area is 131 Å². The van der Waals surface area contributed by atoms with Crippen LogP contribution in [-0.2, 0) is 13.6 Å². The first kappa shape index (κ1) is 13.9. The highest BCUT2D eigenvalue weighted by molar-refractivity contribution is 9.10. The number of hydrogen-bond donors (Lipinski definition) is 1. The van der Waals surface area contributed by atoms with Gasteiger partial charge in [-0.15, -0.1) is 0 Å². The Balaban J connectivity index is 1.82. The number of para-hydroxylation sites is 2. The molecule has 1 aromatic heterocycles. The molecule has 108 valence electrons. The number of anilines is 1. The first-order valence-corrected chi connectivity index (χ1v) is 7.46. The summed E-state index contributed by atoms with van der Waals surface area (Å²) in [6.07, 6.45) is 0. The molecular weight excluding hydrogens is 330 g/mol. The number of nitrogens with zero attached hydrogens (tertiary/aromatic N) is 2. The highest BCUT2D eigenvalue weighted by Crippen LogP contribution is 2.28. The van der Waals surface area contributed by atoms with E-state index >= 15 is 0 Å². The van der Waals surface area contributed by atoms with Crippen molar-refractivity contribution < 1.29 is 4.74 Å². The van der Waals surface area contributed by atoms with E-state index in [1.807, 2.05) is 43.4 Å². The second kappa shape index (κ2) is 5.77. The van der Waals surface area contributed by atoms with Crippen LogP contribution < -0.4 is 10.1 Å². The number of aromatic nitrogens is 2. The minimum atomic E-state index is 0.663. The molecule has 0 aliphatic heterocycles. The summed E-state index contributed by atoms with van der Waals surface area (Å²) in [6.45, 7) is 0.663. The predicted molar refractivity (Wildman–Crippen MR) is 88.7 cm³/mol. The molecule has 0 radical (unpaired) electrons. The second-order valence-electron chi connectivity index (χ2n) is 4.78. The van der Waals surface area contributed by atoms with Crippen molar-refractivity contribution in [2.75, 3.05) is 12.4 Å². The van der Waals surface area contributed by atoms with E-state index in [9.17, 15) is 0 Å². The van der Waals surface area contributed by atoms with Crippen LogP contribution in [0.2, 0.25) is 0 Å². The minimum absolute atomic E-state index is 0.663. The number of aryl methyl sites for hydroxylation is 1. The van der Waals surface area contributed by atoms with Crippen LogP contribution >= 0.6 is 15.9 Å². The third-order valence-electron chi connectivity index (χ3n) is 3.48. The Morgan fingerprint density at radius 2 is 2.05 bits per heavy atom. The molecule has 0 bridgehead atoms. The van der Waals surface area contributed by atoms with Crippen LogP contribution in [0.1, 0.15) is 5.82 Å². The number of ether oxygens (including phenoxy) is 1. The highest BCUT2D eigenvalue weighted by atomic mass is 79.9. The van der Waals surface area contributed by atoms with E-state index in [4.69, 9.17) is 4.74 Å². The second-order valence-corrected chi connectivity index (χ2v) is 5.63. The fraction of sp³-hybridized carbons (Fsp3) is 0.188. The van der Waals surface area contributed by atoms with Crippen molar-refractivity contribution in [1.29, 1.82) is 0 Å². The number of methoxy groups -OCH3 is 1. The van der Waals surface area contributed by atoms with Gasteiger partial charge in [0.1, 0.15) is 11.6 Å². The summed E-state index contributed by atoms with van der Waals surface area (Å²) in [7, 11) is 3.70. The van der Waals surface area contributed by atoms with Gasteiger partial charge in [0.05, 0.1) is 29.2 Å². The average molecular weight is 346 g/mol. The molecule has 0 spiro atoms. The number of imidazole rings is 1. The van der Waals surface area contributed by atoms with Gasteiger partial charge in [0.2, 0.25) is 0 Å². The molecule has 0 unspecified atom stereocenters. The van der Waals surface area contributed by atoms with Crippen molar-refractivity contribution in [2.45, 2.75) is 6.54 Å². The number of nitrogens with one attached hydrogen (secondary N) is 1. The van der Waals surface area contributed by atoms with Crippen LogP contribution in [0.25, 0.3) is 11.0 Å². The summed E-state index contributed by atoms with van der Waals surface area (Å²) in [6, 6.07) is 14.1. The van der Waals surface area contributed by atoms with Gasteiger partial charge in [-0.3, -0.25) is 0 Å². The summed E-state index contributed by atoms with van der Waals surface area (Å²) < 4.78 is 8.35. The molecule has 0 amide bonds. The van der Waals surface area contributed by atoms with Crippen molar-refractivity contribution in [1.82, 2.24) is 9.55 Å². The quantitative estimate of drug-likeness (QED) is 0.777. The van der Waals surface area contributed by atoms with E-state index in [0.29, 0.717) is 6.54 Å². The highest BCUT2D eigenvalue weighted by Gasteiger charge is 2.07. The normalized spacial score (nSPS) is 10.8. The molecule has 0 aliphatic carbocycles. The minimum Gasteiger partial charge on any atom is -0.495 e. The largest absolute Gasteiger partial charge is 0.495 e. The van der Waals surface area contributed by atoms with Crippen LogP contribution in [0.15, 0.2) is 46.9 Å². The zero-order valence-corrected chi connectivity index (χ0v) is 13.5. The van der Waals surface area contributed by atoms with Crippen LogP contribution in [0.4, 0.5) is 5.69 Å². The lowest BCUT2D eigenvalue weighted by Crippen LogP contribution is -2.06. The Morgan fingerprint density at radius 3 is 2.81 bits per heavy atom. The van der Waals surface area contributed by atoms with E-state index in [-0.39, 0.29) is 0 Å². The van der Waals surface area contributed by atoms with Gasteiger partial charge in [-0.1, -0.05) is 12.1 Å². The molecule has 0 fully saturated rings. The van der Waals surface area contributed by atoms with Crippen molar-refractivity contribution >= 4 is 32.7 Å². The van der Waals surface area contributed by atoms with Gasteiger partial charge in [-0.2, -0.15) is 0 Å². The summed E-state index contributed by atoms with van der Waals surface area (Å²) >= 11 is 3.45. The Kier molecular flexibility index (Phi) is 3.84. The van der Waals surface area contributed by atoms with Crippen molar-refractivity contribution in [3.63, 3.8) is 0 Å². The number of benzene rings is 2. The maximum atomic E-state index is 5.30. The zero-order valence-electron chi connectivity index (χ0n) is 11.9. The molecule has 4 nitrogen and oxygen atoms in total. The first-order valence-electron chi connectivity index (χ1n) is 6.67. The summed E-state index contributed by atoms with van der Waals surface area (Å²) in [5.41, 5.74) is 3.16. The summed E-state index contributed by atoms with van der Waals surface area (Å²) in [4.78, 5) is 4.65. The van der Waals surface area contributed by atoms with E-state index < -0.39 is 0 Å². The van der Waals surface area contributed by atoms with Gasteiger partial charge < -0.3 is 14.6 Å². The van der Waals surface area contributed by atoms with Gasteiger partial charge in [-0.25, -0.2) is 4.98 Å². The molecule has 0 saturated heterocycles. The van der Waals surface area contributed by atoms with Crippen LogP contribution in [0.3, 0.4) is 0 Å². The van der Waals surface area contributed by atoms with Crippen LogP contribution in [0, 0.1) is 0 Å². The van der Waals surface area contributed by atoms with Crippen molar-refractivity contribution in [3.05, 3.63) is 52.8 Å². The Bertz CT molecular complexity index is 782. The topological polar surface area (TPSA) is 39.1 Å². The Morgan fingerprint density at radius 1 is 1.24 bits per heavy atom. The van der Waals surface area contributed by atoms with Crippen LogP contribution in [-0.4, -0.2) is 16.7 Å². The Hall–Kier alpha value is -2.01. The molecule has 0 atom stereocenters. The smallest absolute Gasteiger partial charge is 0.135 e. The standard InChI is InChI=1S/C16H16BrN3O/c1-20-14-6-4-3-5-13(14)19-16(20)10-18-11-7-8-12(17)15(9-11)21-2/h3-9,18H,10H2,1-2H3. The molecule has 5 heteroatoms. The van der Waals surface area contributed by atoms with Gasteiger partial charge in [0, 0.05) is 18.8 Å². The molecular formula is C16H16BrN3O. The maximum absolute atomic E-state index is 5.30. The third kappa shape index (κ3) is 2.74. The average Bonchev–Trinajstić information content (AvgIpc) is 2.83. The van der Waals surface area contributed by atoms with Crippen LogP contribution in [0.5, 0.6) is 5.75 Å². The molecule has 21 heavy (non-hydrogen) atoms. The van der Waals surface area contributed by atoms with Gasteiger partial charge >= 0.3 is 0 Å².